The second kappa shape index (κ2) is 6.11. The van der Waals surface area contributed by atoms with Crippen LogP contribution in [-0.2, 0) is 13.5 Å². The van der Waals surface area contributed by atoms with E-state index in [1.54, 1.807) is 0 Å². The van der Waals surface area contributed by atoms with Crippen molar-refractivity contribution >= 4 is 50.5 Å². The highest BCUT2D eigenvalue weighted by molar-refractivity contribution is 9.10. The lowest BCUT2D eigenvalue weighted by Gasteiger charge is -2.15. The van der Waals surface area contributed by atoms with E-state index in [4.69, 9.17) is 29.0 Å². The Morgan fingerprint density at radius 1 is 1.58 bits per heavy atom. The first-order valence-electron chi connectivity index (χ1n) is 5.52. The van der Waals surface area contributed by atoms with Gasteiger partial charge >= 0.3 is 0 Å². The summed E-state index contributed by atoms with van der Waals surface area (Å²) >= 11 is 17.0. The molecule has 0 aliphatic rings. The fourth-order valence-electron chi connectivity index (χ4n) is 1.94. The molecule has 0 fully saturated rings. The van der Waals surface area contributed by atoms with Crippen LogP contribution in [0.3, 0.4) is 0 Å². The normalized spacial score (nSPS) is 12.9. The first-order chi connectivity index (χ1) is 8.93. The smallest absolute Gasteiger partial charge is 0.0992 e. The minimum atomic E-state index is -0.109. The standard InChI is InChI=1S/C11H13BrCl2N4S/c1-5-10(12)8(18(2)17-5)4-7(16-15)6-3-9(13)19-11(6)14/h3,7,16H,4,15H2,1-2H3. The highest BCUT2D eigenvalue weighted by atomic mass is 79.9. The van der Waals surface area contributed by atoms with E-state index in [0.29, 0.717) is 15.1 Å². The molecule has 0 aromatic carbocycles. The van der Waals surface area contributed by atoms with Crippen LogP contribution in [0.4, 0.5) is 0 Å². The molecule has 3 N–H and O–H groups in total. The van der Waals surface area contributed by atoms with Gasteiger partial charge < -0.3 is 0 Å². The van der Waals surface area contributed by atoms with E-state index in [0.717, 1.165) is 21.4 Å². The summed E-state index contributed by atoms with van der Waals surface area (Å²) in [6.45, 7) is 1.95. The van der Waals surface area contributed by atoms with Crippen molar-refractivity contribution < 1.29 is 0 Å². The van der Waals surface area contributed by atoms with Gasteiger partial charge in [-0.3, -0.25) is 16.0 Å². The number of nitrogens with one attached hydrogen (secondary N) is 1. The Bertz CT molecular complexity index is 596. The zero-order valence-corrected chi connectivity index (χ0v) is 14.3. The highest BCUT2D eigenvalue weighted by Gasteiger charge is 2.21. The fraction of sp³-hybridized carbons (Fsp3) is 0.364. The number of thiophene rings is 1. The number of rotatable bonds is 4. The SMILES string of the molecule is Cc1nn(C)c(CC(NN)c2cc(Cl)sc2Cl)c1Br. The summed E-state index contributed by atoms with van der Waals surface area (Å²) in [4.78, 5) is 0. The van der Waals surface area contributed by atoms with Crippen LogP contribution in [0.15, 0.2) is 10.5 Å². The molecule has 0 spiro atoms. The maximum absolute atomic E-state index is 6.17. The van der Waals surface area contributed by atoms with E-state index < -0.39 is 0 Å². The first-order valence-corrected chi connectivity index (χ1v) is 7.89. The van der Waals surface area contributed by atoms with Crippen LogP contribution in [0.2, 0.25) is 8.67 Å². The summed E-state index contributed by atoms with van der Waals surface area (Å²) in [5, 5.41) is 4.36. The number of aryl methyl sites for hydroxylation is 2. The summed E-state index contributed by atoms with van der Waals surface area (Å²) in [6, 6.07) is 1.73. The van der Waals surface area contributed by atoms with Crippen molar-refractivity contribution in [1.82, 2.24) is 15.2 Å². The molecule has 2 aromatic heterocycles. The Labute approximate surface area is 134 Å². The lowest BCUT2D eigenvalue weighted by Crippen LogP contribution is -2.30. The molecule has 0 saturated carbocycles. The third-order valence-electron chi connectivity index (χ3n) is 2.92. The van der Waals surface area contributed by atoms with Crippen molar-refractivity contribution in [3.8, 4) is 0 Å². The quantitative estimate of drug-likeness (QED) is 0.626. The number of hydrogen-bond donors (Lipinski definition) is 2. The third kappa shape index (κ3) is 3.15. The van der Waals surface area contributed by atoms with Gasteiger partial charge in [0.1, 0.15) is 0 Å². The van der Waals surface area contributed by atoms with Gasteiger partial charge in [0.25, 0.3) is 0 Å². The molecule has 2 heterocycles. The molecule has 4 nitrogen and oxygen atoms in total. The molecule has 0 amide bonds. The topological polar surface area (TPSA) is 55.9 Å². The van der Waals surface area contributed by atoms with Crippen LogP contribution in [-0.4, -0.2) is 9.78 Å². The Balaban J connectivity index is 2.31. The van der Waals surface area contributed by atoms with Crippen molar-refractivity contribution in [1.29, 1.82) is 0 Å². The summed E-state index contributed by atoms with van der Waals surface area (Å²) < 4.78 is 4.14. The van der Waals surface area contributed by atoms with Crippen molar-refractivity contribution in [3.05, 3.63) is 36.2 Å². The lowest BCUT2D eigenvalue weighted by atomic mass is 10.1. The second-order valence-electron chi connectivity index (χ2n) is 4.17. The molecule has 0 bridgehead atoms. The first kappa shape index (κ1) is 15.3. The van der Waals surface area contributed by atoms with E-state index >= 15 is 0 Å². The van der Waals surface area contributed by atoms with Gasteiger partial charge in [0, 0.05) is 19.0 Å². The molecular weight excluding hydrogens is 371 g/mol. The van der Waals surface area contributed by atoms with Gasteiger partial charge in [-0.1, -0.05) is 23.2 Å². The summed E-state index contributed by atoms with van der Waals surface area (Å²) in [7, 11) is 1.91. The van der Waals surface area contributed by atoms with Crippen molar-refractivity contribution in [3.63, 3.8) is 0 Å². The molecule has 0 radical (unpaired) electrons. The van der Waals surface area contributed by atoms with E-state index in [-0.39, 0.29) is 6.04 Å². The predicted molar refractivity (Wildman–Crippen MR) is 83.8 cm³/mol. The molecule has 0 aliphatic heterocycles. The van der Waals surface area contributed by atoms with Crippen LogP contribution in [0.25, 0.3) is 0 Å². The van der Waals surface area contributed by atoms with Gasteiger partial charge in [0.2, 0.25) is 0 Å². The summed E-state index contributed by atoms with van der Waals surface area (Å²) in [5.41, 5.74) is 5.70. The highest BCUT2D eigenvalue weighted by Crippen LogP contribution is 2.36. The molecule has 1 unspecified atom stereocenters. The molecule has 0 aliphatic carbocycles. The largest absolute Gasteiger partial charge is 0.271 e. The van der Waals surface area contributed by atoms with Crippen LogP contribution >= 0.6 is 50.5 Å². The number of halogens is 3. The number of aromatic nitrogens is 2. The van der Waals surface area contributed by atoms with Gasteiger partial charge in [0.15, 0.2) is 0 Å². The Hall–Kier alpha value is -0.110. The Kier molecular flexibility index (Phi) is 4.92. The maximum Gasteiger partial charge on any atom is 0.0992 e. The van der Waals surface area contributed by atoms with Gasteiger partial charge in [-0.05, 0) is 28.9 Å². The van der Waals surface area contributed by atoms with Gasteiger partial charge in [-0.15, -0.1) is 11.3 Å². The zero-order valence-electron chi connectivity index (χ0n) is 10.4. The fourth-order valence-corrected chi connectivity index (χ4v) is 4.02. The maximum atomic E-state index is 6.17. The molecular formula is C11H13BrCl2N4S. The Morgan fingerprint density at radius 3 is 2.68 bits per heavy atom. The number of nitrogens with two attached hydrogens (primary N) is 1. The molecule has 8 heteroatoms. The van der Waals surface area contributed by atoms with Crippen molar-refractivity contribution in [2.24, 2.45) is 12.9 Å². The number of hydrazine groups is 1. The Morgan fingerprint density at radius 2 is 2.26 bits per heavy atom. The average Bonchev–Trinajstić information content (AvgIpc) is 2.79. The minimum Gasteiger partial charge on any atom is -0.271 e. The molecule has 19 heavy (non-hydrogen) atoms. The van der Waals surface area contributed by atoms with E-state index in [2.05, 4.69) is 26.5 Å². The summed E-state index contributed by atoms with van der Waals surface area (Å²) in [5.74, 6) is 5.65. The van der Waals surface area contributed by atoms with Crippen LogP contribution in [0, 0.1) is 6.92 Å². The number of hydrogen-bond acceptors (Lipinski definition) is 4. The molecule has 104 valence electrons. The van der Waals surface area contributed by atoms with Gasteiger partial charge in [0.05, 0.1) is 30.6 Å². The second-order valence-corrected chi connectivity index (χ2v) is 7.25. The van der Waals surface area contributed by atoms with E-state index in [1.165, 1.54) is 11.3 Å². The molecule has 2 aromatic rings. The van der Waals surface area contributed by atoms with Crippen LogP contribution in [0.5, 0.6) is 0 Å². The predicted octanol–water partition coefficient (Wildman–Crippen LogP) is 3.61. The molecule has 2 rings (SSSR count). The van der Waals surface area contributed by atoms with Crippen molar-refractivity contribution in [2.75, 3.05) is 0 Å². The van der Waals surface area contributed by atoms with Gasteiger partial charge in [-0.2, -0.15) is 5.10 Å². The van der Waals surface area contributed by atoms with Crippen LogP contribution in [0.1, 0.15) is 23.0 Å². The van der Waals surface area contributed by atoms with Crippen LogP contribution < -0.4 is 11.3 Å². The van der Waals surface area contributed by atoms with Gasteiger partial charge in [-0.25, -0.2) is 0 Å². The number of nitrogens with zero attached hydrogens (tertiary/aromatic N) is 2. The van der Waals surface area contributed by atoms with E-state index in [1.807, 2.05) is 24.7 Å². The van der Waals surface area contributed by atoms with E-state index in [9.17, 15) is 0 Å². The minimum absolute atomic E-state index is 0.109. The summed E-state index contributed by atoms with van der Waals surface area (Å²) in [6.07, 6.45) is 0.668. The molecule has 1 atom stereocenters. The monoisotopic (exact) mass is 382 g/mol. The zero-order chi connectivity index (χ0) is 14.2. The van der Waals surface area contributed by atoms with Crippen molar-refractivity contribution in [2.45, 2.75) is 19.4 Å². The lowest BCUT2D eigenvalue weighted by molar-refractivity contribution is 0.530. The molecule has 0 saturated heterocycles. The average molecular weight is 384 g/mol. The third-order valence-corrected chi connectivity index (χ3v) is 5.47.